The van der Waals surface area contributed by atoms with Gasteiger partial charge in [-0.3, -0.25) is 4.90 Å². The van der Waals surface area contributed by atoms with Gasteiger partial charge in [0, 0.05) is 38.8 Å². The summed E-state index contributed by atoms with van der Waals surface area (Å²) in [6.45, 7) is 12.1. The van der Waals surface area contributed by atoms with Gasteiger partial charge in [-0.05, 0) is 44.4 Å². The summed E-state index contributed by atoms with van der Waals surface area (Å²) in [5.74, 6) is 0.971. The molecular formula is C19H32N2O2. The maximum atomic E-state index is 9.61. The van der Waals surface area contributed by atoms with Crippen LogP contribution in [0.25, 0.3) is 0 Å². The van der Waals surface area contributed by atoms with Crippen LogP contribution in [0.4, 0.5) is 0 Å². The molecule has 0 aliphatic carbocycles. The Morgan fingerprint density at radius 1 is 1.35 bits per heavy atom. The lowest BCUT2D eigenvalue weighted by molar-refractivity contribution is 0.0351. The van der Waals surface area contributed by atoms with Crippen molar-refractivity contribution in [3.63, 3.8) is 0 Å². The second kappa shape index (κ2) is 9.26. The van der Waals surface area contributed by atoms with Gasteiger partial charge < -0.3 is 14.7 Å². The molecule has 130 valence electrons. The summed E-state index contributed by atoms with van der Waals surface area (Å²) in [5, 5.41) is 9.61. The number of β-amino-alcohol motifs (C(OH)–C–C–N with tert-alkyl or cyclic N) is 1. The Morgan fingerprint density at radius 3 is 2.87 bits per heavy atom. The van der Waals surface area contributed by atoms with Gasteiger partial charge in [0.05, 0.1) is 12.7 Å². The standard InChI is InChI=1S/C19H32N2O2/c1-4-18-15-20(10-11-21(18)14-17(3)22)9-6-12-23-19-8-5-7-16(2)13-19/h5,7-8,13,17-18,22H,4,6,9-12,14-15H2,1-3H3/t17-,18+/m0/s1. The van der Waals surface area contributed by atoms with E-state index >= 15 is 0 Å². The molecule has 1 aliphatic heterocycles. The van der Waals surface area contributed by atoms with E-state index in [1.807, 2.05) is 19.1 Å². The molecule has 0 saturated carbocycles. The van der Waals surface area contributed by atoms with E-state index in [0.717, 1.165) is 57.9 Å². The van der Waals surface area contributed by atoms with Crippen molar-refractivity contribution in [2.75, 3.05) is 39.3 Å². The average molecular weight is 320 g/mol. The van der Waals surface area contributed by atoms with E-state index in [9.17, 15) is 5.11 Å². The maximum absolute atomic E-state index is 9.61. The van der Waals surface area contributed by atoms with Crippen molar-refractivity contribution in [2.45, 2.75) is 45.8 Å². The molecule has 2 atom stereocenters. The molecule has 0 bridgehead atoms. The van der Waals surface area contributed by atoms with Crippen molar-refractivity contribution < 1.29 is 9.84 Å². The summed E-state index contributed by atoms with van der Waals surface area (Å²) in [7, 11) is 0. The van der Waals surface area contributed by atoms with Crippen molar-refractivity contribution in [1.82, 2.24) is 9.80 Å². The first-order chi connectivity index (χ1) is 11.1. The van der Waals surface area contributed by atoms with Crippen LogP contribution in [0.2, 0.25) is 0 Å². The molecule has 4 nitrogen and oxygen atoms in total. The highest BCUT2D eigenvalue weighted by Gasteiger charge is 2.25. The van der Waals surface area contributed by atoms with Crippen LogP contribution in [-0.2, 0) is 0 Å². The zero-order valence-corrected chi connectivity index (χ0v) is 14.9. The third kappa shape index (κ3) is 6.13. The van der Waals surface area contributed by atoms with E-state index < -0.39 is 0 Å². The number of aliphatic hydroxyl groups excluding tert-OH is 1. The second-order valence-electron chi connectivity index (χ2n) is 6.73. The molecule has 0 radical (unpaired) electrons. The number of hydrogen-bond acceptors (Lipinski definition) is 4. The predicted molar refractivity (Wildman–Crippen MR) is 95.1 cm³/mol. The van der Waals surface area contributed by atoms with E-state index in [-0.39, 0.29) is 6.10 Å². The van der Waals surface area contributed by atoms with Crippen LogP contribution in [-0.4, -0.2) is 66.4 Å². The molecule has 1 fully saturated rings. The molecule has 4 heteroatoms. The van der Waals surface area contributed by atoms with Gasteiger partial charge in [0.1, 0.15) is 5.75 Å². The first-order valence-electron chi connectivity index (χ1n) is 8.92. The molecule has 1 aromatic rings. The monoisotopic (exact) mass is 320 g/mol. The number of nitrogens with zero attached hydrogens (tertiary/aromatic N) is 2. The molecule has 2 rings (SSSR count). The van der Waals surface area contributed by atoms with E-state index in [1.165, 1.54) is 5.56 Å². The van der Waals surface area contributed by atoms with Crippen LogP contribution in [0.3, 0.4) is 0 Å². The third-order valence-corrected chi connectivity index (χ3v) is 4.54. The molecule has 1 saturated heterocycles. The Kier molecular flexibility index (Phi) is 7.34. The van der Waals surface area contributed by atoms with Gasteiger partial charge >= 0.3 is 0 Å². The lowest BCUT2D eigenvalue weighted by Crippen LogP contribution is -2.54. The lowest BCUT2D eigenvalue weighted by Gasteiger charge is -2.41. The third-order valence-electron chi connectivity index (χ3n) is 4.54. The minimum atomic E-state index is -0.238. The predicted octanol–water partition coefficient (Wildman–Crippen LogP) is 2.54. The van der Waals surface area contributed by atoms with Gasteiger partial charge in [0.2, 0.25) is 0 Å². The Bertz CT molecular complexity index is 464. The van der Waals surface area contributed by atoms with E-state index in [0.29, 0.717) is 6.04 Å². The van der Waals surface area contributed by atoms with Crippen LogP contribution < -0.4 is 4.74 Å². The first-order valence-corrected chi connectivity index (χ1v) is 8.92. The van der Waals surface area contributed by atoms with Crippen LogP contribution in [0.5, 0.6) is 5.75 Å². The van der Waals surface area contributed by atoms with Gasteiger partial charge in [-0.2, -0.15) is 0 Å². The summed E-state index contributed by atoms with van der Waals surface area (Å²) in [4.78, 5) is 4.97. The molecule has 1 N–H and O–H groups in total. The van der Waals surface area contributed by atoms with Gasteiger partial charge in [-0.15, -0.1) is 0 Å². The number of aliphatic hydroxyl groups is 1. The summed E-state index contributed by atoms with van der Waals surface area (Å²) >= 11 is 0. The van der Waals surface area contributed by atoms with Gasteiger partial charge in [-0.25, -0.2) is 0 Å². The quantitative estimate of drug-likeness (QED) is 0.747. The number of ether oxygens (including phenoxy) is 1. The van der Waals surface area contributed by atoms with Crippen molar-refractivity contribution in [3.05, 3.63) is 29.8 Å². The number of benzene rings is 1. The highest BCUT2D eigenvalue weighted by atomic mass is 16.5. The topological polar surface area (TPSA) is 35.9 Å². The molecular weight excluding hydrogens is 288 g/mol. The zero-order chi connectivity index (χ0) is 16.7. The summed E-state index contributed by atoms with van der Waals surface area (Å²) in [6, 6.07) is 8.80. The highest BCUT2D eigenvalue weighted by molar-refractivity contribution is 5.27. The Labute approximate surface area is 141 Å². The zero-order valence-electron chi connectivity index (χ0n) is 14.9. The molecule has 1 aromatic carbocycles. The number of aryl methyl sites for hydroxylation is 1. The van der Waals surface area contributed by atoms with E-state index in [2.05, 4.69) is 35.8 Å². The Hall–Kier alpha value is -1.10. The molecule has 23 heavy (non-hydrogen) atoms. The van der Waals surface area contributed by atoms with Gasteiger partial charge in [-0.1, -0.05) is 19.1 Å². The Balaban J connectivity index is 1.68. The minimum absolute atomic E-state index is 0.238. The molecule has 1 aliphatic rings. The fourth-order valence-corrected chi connectivity index (χ4v) is 3.31. The summed E-state index contributed by atoms with van der Waals surface area (Å²) < 4.78 is 5.83. The van der Waals surface area contributed by atoms with Crippen molar-refractivity contribution in [3.8, 4) is 5.75 Å². The average Bonchev–Trinajstić information content (AvgIpc) is 2.52. The van der Waals surface area contributed by atoms with Crippen LogP contribution >= 0.6 is 0 Å². The SMILES string of the molecule is CC[C@@H]1CN(CCCOc2cccc(C)c2)CCN1C[C@H](C)O. The lowest BCUT2D eigenvalue weighted by atomic mass is 10.1. The summed E-state index contributed by atoms with van der Waals surface area (Å²) in [5.41, 5.74) is 1.24. The van der Waals surface area contributed by atoms with Crippen LogP contribution in [0.1, 0.15) is 32.3 Å². The molecule has 1 heterocycles. The van der Waals surface area contributed by atoms with Crippen LogP contribution in [0, 0.1) is 6.92 Å². The normalized spacial score (nSPS) is 21.3. The molecule has 0 spiro atoms. The fourth-order valence-electron chi connectivity index (χ4n) is 3.31. The number of rotatable bonds is 8. The first kappa shape index (κ1) is 18.2. The van der Waals surface area contributed by atoms with Crippen LogP contribution in [0.15, 0.2) is 24.3 Å². The summed E-state index contributed by atoms with van der Waals surface area (Å²) in [6.07, 6.45) is 1.96. The van der Waals surface area contributed by atoms with E-state index in [4.69, 9.17) is 4.74 Å². The smallest absolute Gasteiger partial charge is 0.119 e. The second-order valence-corrected chi connectivity index (χ2v) is 6.73. The van der Waals surface area contributed by atoms with Crippen molar-refractivity contribution in [1.29, 1.82) is 0 Å². The molecule has 0 unspecified atom stereocenters. The number of hydrogen-bond donors (Lipinski definition) is 1. The Morgan fingerprint density at radius 2 is 2.17 bits per heavy atom. The number of piperazine rings is 1. The highest BCUT2D eigenvalue weighted by Crippen LogP contribution is 2.15. The van der Waals surface area contributed by atoms with Gasteiger partial charge in [0.25, 0.3) is 0 Å². The van der Waals surface area contributed by atoms with Crippen molar-refractivity contribution in [2.24, 2.45) is 0 Å². The maximum Gasteiger partial charge on any atom is 0.119 e. The molecule has 0 amide bonds. The van der Waals surface area contributed by atoms with Gasteiger partial charge in [0.15, 0.2) is 0 Å². The minimum Gasteiger partial charge on any atom is -0.494 e. The van der Waals surface area contributed by atoms with Crippen molar-refractivity contribution >= 4 is 0 Å². The fraction of sp³-hybridized carbons (Fsp3) is 0.684. The largest absolute Gasteiger partial charge is 0.494 e. The van der Waals surface area contributed by atoms with E-state index in [1.54, 1.807) is 0 Å². The molecule has 0 aromatic heterocycles.